The second kappa shape index (κ2) is 4.36. The van der Waals surface area contributed by atoms with Gasteiger partial charge in [0, 0.05) is 5.56 Å². The molecule has 0 aromatic heterocycles. The molecule has 0 heterocycles. The van der Waals surface area contributed by atoms with E-state index in [0.29, 0.717) is 5.56 Å². The van der Waals surface area contributed by atoms with Crippen LogP contribution in [0.3, 0.4) is 0 Å². The van der Waals surface area contributed by atoms with Crippen molar-refractivity contribution in [3.8, 4) is 6.19 Å². The summed E-state index contributed by atoms with van der Waals surface area (Å²) in [5.41, 5.74) is 5.98. The highest BCUT2D eigenvalue weighted by atomic mass is 16.1. The predicted octanol–water partition coefficient (Wildman–Crippen LogP) is 2.44. The van der Waals surface area contributed by atoms with E-state index in [1.807, 2.05) is 27.7 Å². The first-order valence-corrected chi connectivity index (χ1v) is 5.18. The Balaban J connectivity index is 3.53. The third-order valence-electron chi connectivity index (χ3n) is 3.40. The molecule has 0 aliphatic rings. The number of nitrogens with zero attached hydrogens (tertiary/aromatic N) is 1. The quantitative estimate of drug-likeness (QED) is 0.579. The Morgan fingerprint density at radius 2 is 1.31 bits per heavy atom. The fraction of sp³-hybridized carbons (Fsp3) is 0.385. The molecule has 16 heavy (non-hydrogen) atoms. The monoisotopic (exact) mass is 216 g/mol. The van der Waals surface area contributed by atoms with Crippen LogP contribution in [0.5, 0.6) is 0 Å². The maximum atomic E-state index is 11.8. The molecule has 0 unspecified atom stereocenters. The summed E-state index contributed by atoms with van der Waals surface area (Å²) in [6, 6.07) is 0. The van der Waals surface area contributed by atoms with Gasteiger partial charge in [0.25, 0.3) is 5.91 Å². The molecule has 0 saturated carbocycles. The second-order valence-electron chi connectivity index (χ2n) is 4.07. The zero-order chi connectivity index (χ0) is 12.5. The normalized spacial score (nSPS) is 9.75. The van der Waals surface area contributed by atoms with Gasteiger partial charge in [-0.2, -0.15) is 5.26 Å². The topological polar surface area (TPSA) is 52.9 Å². The Bertz CT molecular complexity index is 467. The highest BCUT2D eigenvalue weighted by Gasteiger charge is 2.17. The molecule has 84 valence electrons. The molecule has 0 spiro atoms. The largest absolute Gasteiger partial charge is 0.268 e. The molecule has 0 aliphatic carbocycles. The molecule has 3 nitrogen and oxygen atoms in total. The average molecular weight is 216 g/mol. The molecule has 1 rings (SSSR count). The first-order valence-electron chi connectivity index (χ1n) is 5.18. The van der Waals surface area contributed by atoms with Crippen molar-refractivity contribution >= 4 is 5.91 Å². The summed E-state index contributed by atoms with van der Waals surface area (Å²) in [5, 5.41) is 10.7. The van der Waals surface area contributed by atoms with Crippen molar-refractivity contribution in [3.05, 3.63) is 33.4 Å². The van der Waals surface area contributed by atoms with Crippen LogP contribution in [0.15, 0.2) is 0 Å². The van der Waals surface area contributed by atoms with Crippen molar-refractivity contribution in [2.24, 2.45) is 0 Å². The van der Waals surface area contributed by atoms with E-state index in [1.165, 1.54) is 5.56 Å². The van der Waals surface area contributed by atoms with E-state index in [-0.39, 0.29) is 5.91 Å². The Hall–Kier alpha value is -1.82. The molecular formula is C13H16N2O. The number of hydrogen-bond donors (Lipinski definition) is 1. The molecule has 0 saturated heterocycles. The van der Waals surface area contributed by atoms with Gasteiger partial charge in [0.1, 0.15) is 0 Å². The minimum atomic E-state index is -0.316. The first kappa shape index (κ1) is 12.3. The molecule has 0 atom stereocenters. The van der Waals surface area contributed by atoms with Gasteiger partial charge in [-0.15, -0.1) is 0 Å². The van der Waals surface area contributed by atoms with Gasteiger partial charge in [-0.25, -0.2) is 0 Å². The average Bonchev–Trinajstić information content (AvgIpc) is 2.24. The van der Waals surface area contributed by atoms with Crippen molar-refractivity contribution in [3.63, 3.8) is 0 Å². The molecule has 0 radical (unpaired) electrons. The summed E-state index contributed by atoms with van der Waals surface area (Å²) >= 11 is 0. The minimum absolute atomic E-state index is 0.316. The van der Waals surface area contributed by atoms with E-state index in [1.54, 1.807) is 6.19 Å². The number of amides is 1. The van der Waals surface area contributed by atoms with Gasteiger partial charge in [0.15, 0.2) is 6.19 Å². The van der Waals surface area contributed by atoms with E-state index in [4.69, 9.17) is 5.26 Å². The number of rotatable bonds is 1. The number of carbonyl (C=O) groups excluding carboxylic acids is 1. The molecule has 3 heteroatoms. The molecule has 0 bridgehead atoms. The number of hydrogen-bond acceptors (Lipinski definition) is 2. The van der Waals surface area contributed by atoms with Crippen LogP contribution < -0.4 is 5.32 Å². The Morgan fingerprint density at radius 1 is 0.938 bits per heavy atom. The van der Waals surface area contributed by atoms with Crippen molar-refractivity contribution in [2.75, 3.05) is 0 Å². The number of nitrogens with one attached hydrogen (secondary N) is 1. The molecule has 0 aliphatic heterocycles. The summed E-state index contributed by atoms with van der Waals surface area (Å²) in [6.45, 7) is 9.89. The van der Waals surface area contributed by atoms with Crippen LogP contribution >= 0.6 is 0 Å². The fourth-order valence-electron chi connectivity index (χ4n) is 1.95. The molecule has 1 N–H and O–H groups in total. The van der Waals surface area contributed by atoms with Gasteiger partial charge >= 0.3 is 0 Å². The summed E-state index contributed by atoms with van der Waals surface area (Å²) in [5.74, 6) is -0.316. The SMILES string of the molecule is Cc1c(C)c(C)c(C(=O)NC#N)c(C)c1C. The van der Waals surface area contributed by atoms with Crippen LogP contribution in [-0.4, -0.2) is 5.91 Å². The lowest BCUT2D eigenvalue weighted by molar-refractivity contribution is 0.0971. The van der Waals surface area contributed by atoms with Crippen molar-refractivity contribution in [1.82, 2.24) is 5.32 Å². The fourth-order valence-corrected chi connectivity index (χ4v) is 1.95. The zero-order valence-electron chi connectivity index (χ0n) is 10.4. The van der Waals surface area contributed by atoms with Gasteiger partial charge < -0.3 is 0 Å². The highest BCUT2D eigenvalue weighted by Crippen LogP contribution is 2.25. The summed E-state index contributed by atoms with van der Waals surface area (Å²) in [7, 11) is 0. The van der Waals surface area contributed by atoms with Crippen LogP contribution in [0.25, 0.3) is 0 Å². The van der Waals surface area contributed by atoms with Gasteiger partial charge in [-0.05, 0) is 62.4 Å². The van der Waals surface area contributed by atoms with Crippen molar-refractivity contribution in [1.29, 1.82) is 5.26 Å². The predicted molar refractivity (Wildman–Crippen MR) is 63.2 cm³/mol. The lowest BCUT2D eigenvalue weighted by atomic mass is 9.89. The van der Waals surface area contributed by atoms with Crippen LogP contribution in [0.2, 0.25) is 0 Å². The maximum Gasteiger partial charge on any atom is 0.264 e. The maximum absolute atomic E-state index is 11.8. The smallest absolute Gasteiger partial charge is 0.264 e. The Morgan fingerprint density at radius 3 is 1.69 bits per heavy atom. The van der Waals surface area contributed by atoms with E-state index < -0.39 is 0 Å². The van der Waals surface area contributed by atoms with Crippen molar-refractivity contribution in [2.45, 2.75) is 34.6 Å². The van der Waals surface area contributed by atoms with Crippen LogP contribution in [0.1, 0.15) is 38.2 Å². The summed E-state index contributed by atoms with van der Waals surface area (Å²) < 4.78 is 0. The molecule has 1 aromatic carbocycles. The first-order chi connectivity index (χ1) is 7.41. The molecule has 1 aromatic rings. The summed E-state index contributed by atoms with van der Waals surface area (Å²) in [4.78, 5) is 11.8. The van der Waals surface area contributed by atoms with Gasteiger partial charge in [0.2, 0.25) is 0 Å². The Kier molecular flexibility index (Phi) is 3.34. The summed E-state index contributed by atoms with van der Waals surface area (Å²) in [6.07, 6.45) is 1.67. The van der Waals surface area contributed by atoms with Crippen molar-refractivity contribution < 1.29 is 4.79 Å². The lowest BCUT2D eigenvalue weighted by Gasteiger charge is -2.16. The zero-order valence-corrected chi connectivity index (χ0v) is 10.4. The van der Waals surface area contributed by atoms with E-state index >= 15 is 0 Å². The van der Waals surface area contributed by atoms with E-state index in [2.05, 4.69) is 12.2 Å². The minimum Gasteiger partial charge on any atom is -0.268 e. The highest BCUT2D eigenvalue weighted by molar-refractivity contribution is 5.98. The lowest BCUT2D eigenvalue weighted by Crippen LogP contribution is -2.21. The standard InChI is InChI=1S/C13H16N2O/c1-7-8(2)10(4)12(11(5)9(7)3)13(16)15-6-14/h1-5H3,(H,15,16). The number of carbonyl (C=O) groups is 1. The third-order valence-corrected chi connectivity index (χ3v) is 3.40. The molecule has 0 fully saturated rings. The second-order valence-corrected chi connectivity index (χ2v) is 4.07. The number of benzene rings is 1. The van der Waals surface area contributed by atoms with Gasteiger partial charge in [-0.3, -0.25) is 10.1 Å². The molecular weight excluding hydrogens is 200 g/mol. The van der Waals surface area contributed by atoms with Crippen LogP contribution in [-0.2, 0) is 0 Å². The van der Waals surface area contributed by atoms with Crippen LogP contribution in [0.4, 0.5) is 0 Å². The van der Waals surface area contributed by atoms with E-state index in [0.717, 1.165) is 22.3 Å². The van der Waals surface area contributed by atoms with Gasteiger partial charge in [-0.1, -0.05) is 0 Å². The Labute approximate surface area is 96.1 Å². The van der Waals surface area contributed by atoms with Crippen LogP contribution in [0, 0.1) is 46.1 Å². The third kappa shape index (κ3) is 1.79. The molecule has 1 amide bonds. The number of nitriles is 1. The van der Waals surface area contributed by atoms with Gasteiger partial charge in [0.05, 0.1) is 0 Å². The van der Waals surface area contributed by atoms with E-state index in [9.17, 15) is 4.79 Å².